The highest BCUT2D eigenvalue weighted by Crippen LogP contribution is 2.25. The predicted octanol–water partition coefficient (Wildman–Crippen LogP) is 4.17. The highest BCUT2D eigenvalue weighted by molar-refractivity contribution is 6.32. The molecule has 0 spiro atoms. The Hall–Kier alpha value is -2.80. The van der Waals surface area contributed by atoms with Crippen LogP contribution in [0.4, 0.5) is 11.5 Å². The minimum atomic E-state index is -0.424. The molecule has 28 heavy (non-hydrogen) atoms. The number of halogens is 1. The molecule has 148 valence electrons. The normalized spacial score (nSPS) is 15.1. The van der Waals surface area contributed by atoms with E-state index in [9.17, 15) is 10.1 Å². The van der Waals surface area contributed by atoms with Gasteiger partial charge in [-0.3, -0.25) is 10.1 Å². The van der Waals surface area contributed by atoms with Gasteiger partial charge in [0.1, 0.15) is 5.82 Å². The lowest BCUT2D eigenvalue weighted by atomic mass is 10.0. The van der Waals surface area contributed by atoms with E-state index in [-0.39, 0.29) is 0 Å². The second kappa shape index (κ2) is 8.93. The van der Waals surface area contributed by atoms with Crippen molar-refractivity contribution in [2.75, 3.05) is 36.4 Å². The number of benzene rings is 1. The van der Waals surface area contributed by atoms with Crippen molar-refractivity contribution in [3.05, 3.63) is 75.3 Å². The molecule has 0 bridgehead atoms. The second-order valence-corrected chi connectivity index (χ2v) is 7.39. The zero-order valence-corrected chi connectivity index (χ0v) is 16.8. The van der Waals surface area contributed by atoms with Gasteiger partial charge >= 0.3 is 0 Å². The molecule has 1 aromatic carbocycles. The summed E-state index contributed by atoms with van der Waals surface area (Å²) < 4.78 is 0. The van der Waals surface area contributed by atoms with E-state index in [1.54, 1.807) is 12.3 Å². The lowest BCUT2D eigenvalue weighted by Crippen LogP contribution is -2.47. The number of nitro groups is 1. The Morgan fingerprint density at radius 1 is 1.21 bits per heavy atom. The third kappa shape index (κ3) is 4.92. The molecular formula is C20H24ClN5O2. The van der Waals surface area contributed by atoms with Gasteiger partial charge in [0.25, 0.3) is 6.20 Å². The number of hydrogen-bond acceptors (Lipinski definition) is 6. The van der Waals surface area contributed by atoms with Crippen LogP contribution in [0, 0.1) is 10.1 Å². The fourth-order valence-corrected chi connectivity index (χ4v) is 3.40. The molecule has 7 nitrogen and oxygen atoms in total. The summed E-state index contributed by atoms with van der Waals surface area (Å²) in [5.41, 5.74) is 2.05. The third-order valence-electron chi connectivity index (χ3n) is 4.74. The third-order valence-corrected chi connectivity index (χ3v) is 5.03. The molecule has 8 heteroatoms. The summed E-state index contributed by atoms with van der Waals surface area (Å²) in [7, 11) is 0. The minimum absolute atomic E-state index is 0.424. The Bertz CT molecular complexity index is 846. The Morgan fingerprint density at radius 3 is 2.46 bits per heavy atom. The van der Waals surface area contributed by atoms with Crippen molar-refractivity contribution in [1.29, 1.82) is 0 Å². The van der Waals surface area contributed by atoms with Crippen molar-refractivity contribution >= 4 is 23.1 Å². The van der Waals surface area contributed by atoms with Crippen LogP contribution in [0.3, 0.4) is 0 Å². The van der Waals surface area contributed by atoms with Gasteiger partial charge in [0.05, 0.1) is 9.95 Å². The standard InChI is InChI=1S/C20H24ClN5O2/c1-15(2)16-5-7-17(8-6-16)23-19(14-26(27)28)24-10-12-25(13-11-24)20-18(21)4-3-9-22-20/h3-9,14-15,23H,10-13H2,1-2H3/b19-14-. The molecule has 3 rings (SSSR count). The fourth-order valence-electron chi connectivity index (χ4n) is 3.16. The topological polar surface area (TPSA) is 74.5 Å². The number of anilines is 2. The Kier molecular flexibility index (Phi) is 6.36. The predicted molar refractivity (Wildman–Crippen MR) is 112 cm³/mol. The molecule has 1 fully saturated rings. The maximum atomic E-state index is 11.1. The molecule has 0 atom stereocenters. The lowest BCUT2D eigenvalue weighted by Gasteiger charge is -2.37. The van der Waals surface area contributed by atoms with Crippen molar-refractivity contribution in [3.63, 3.8) is 0 Å². The quantitative estimate of drug-likeness (QED) is 0.578. The number of piperazine rings is 1. The summed E-state index contributed by atoms with van der Waals surface area (Å²) in [5.74, 6) is 1.67. The molecule has 2 aromatic rings. The second-order valence-electron chi connectivity index (χ2n) is 6.98. The summed E-state index contributed by atoms with van der Waals surface area (Å²) in [6, 6.07) is 11.6. The zero-order valence-electron chi connectivity index (χ0n) is 16.0. The van der Waals surface area contributed by atoms with Crippen LogP contribution >= 0.6 is 11.6 Å². The number of nitrogens with zero attached hydrogens (tertiary/aromatic N) is 4. The Balaban J connectivity index is 1.69. The zero-order chi connectivity index (χ0) is 20.1. The monoisotopic (exact) mass is 401 g/mol. The largest absolute Gasteiger partial charge is 0.352 e. The summed E-state index contributed by atoms with van der Waals surface area (Å²) in [4.78, 5) is 19.1. The molecule has 0 amide bonds. The van der Waals surface area contributed by atoms with Gasteiger partial charge in [0.15, 0.2) is 5.82 Å². The summed E-state index contributed by atoms with van der Waals surface area (Å²) >= 11 is 6.24. The smallest absolute Gasteiger partial charge is 0.274 e. The van der Waals surface area contributed by atoms with Crippen molar-refractivity contribution < 1.29 is 4.92 Å². The van der Waals surface area contributed by atoms with Crippen LogP contribution in [0.5, 0.6) is 0 Å². The van der Waals surface area contributed by atoms with E-state index < -0.39 is 4.92 Å². The van der Waals surface area contributed by atoms with Crippen LogP contribution in [0.2, 0.25) is 5.02 Å². The first-order valence-electron chi connectivity index (χ1n) is 9.27. The van der Waals surface area contributed by atoms with Crippen LogP contribution < -0.4 is 10.2 Å². The molecule has 0 unspecified atom stereocenters. The Labute approximate surface area is 169 Å². The van der Waals surface area contributed by atoms with Crippen molar-refractivity contribution in [1.82, 2.24) is 9.88 Å². The molecule has 1 aliphatic heterocycles. The van der Waals surface area contributed by atoms with Crippen LogP contribution in [-0.4, -0.2) is 41.0 Å². The molecule has 0 aliphatic carbocycles. The number of rotatable bonds is 6. The van der Waals surface area contributed by atoms with Crippen LogP contribution in [0.1, 0.15) is 25.3 Å². The molecule has 1 aliphatic rings. The lowest BCUT2D eigenvalue weighted by molar-refractivity contribution is -0.404. The first-order chi connectivity index (χ1) is 13.4. The summed E-state index contributed by atoms with van der Waals surface area (Å²) in [5, 5.41) is 14.9. The van der Waals surface area contributed by atoms with E-state index in [0.29, 0.717) is 42.9 Å². The molecule has 2 heterocycles. The Morgan fingerprint density at radius 2 is 1.89 bits per heavy atom. The van der Waals surface area contributed by atoms with Gasteiger partial charge in [-0.2, -0.15) is 0 Å². The fraction of sp³-hybridized carbons (Fsp3) is 0.350. The molecular weight excluding hydrogens is 378 g/mol. The maximum Gasteiger partial charge on any atom is 0.274 e. The highest BCUT2D eigenvalue weighted by atomic mass is 35.5. The van der Waals surface area contributed by atoms with E-state index in [1.807, 2.05) is 35.2 Å². The average molecular weight is 402 g/mol. The van der Waals surface area contributed by atoms with Gasteiger partial charge in [-0.1, -0.05) is 37.6 Å². The molecule has 1 aromatic heterocycles. The van der Waals surface area contributed by atoms with Crippen LogP contribution in [0.25, 0.3) is 0 Å². The van der Waals surface area contributed by atoms with Crippen LogP contribution in [-0.2, 0) is 0 Å². The first kappa shape index (κ1) is 19.9. The van der Waals surface area contributed by atoms with Gasteiger partial charge in [-0.25, -0.2) is 4.98 Å². The number of hydrogen-bond donors (Lipinski definition) is 1. The maximum absolute atomic E-state index is 11.1. The molecule has 0 saturated carbocycles. The van der Waals surface area contributed by atoms with Gasteiger partial charge in [-0.05, 0) is 35.7 Å². The minimum Gasteiger partial charge on any atom is -0.352 e. The average Bonchev–Trinajstić information content (AvgIpc) is 2.68. The van der Waals surface area contributed by atoms with E-state index in [2.05, 4.69) is 29.0 Å². The van der Waals surface area contributed by atoms with Crippen LogP contribution in [0.15, 0.2) is 54.6 Å². The molecule has 1 N–H and O–H groups in total. The van der Waals surface area contributed by atoms with Crippen molar-refractivity contribution in [2.24, 2.45) is 0 Å². The highest BCUT2D eigenvalue weighted by Gasteiger charge is 2.23. The van der Waals surface area contributed by atoms with E-state index in [4.69, 9.17) is 11.6 Å². The number of pyridine rings is 1. The van der Waals surface area contributed by atoms with Gasteiger partial charge < -0.3 is 15.1 Å². The van der Waals surface area contributed by atoms with Crippen molar-refractivity contribution in [2.45, 2.75) is 19.8 Å². The summed E-state index contributed by atoms with van der Waals surface area (Å²) in [6.07, 6.45) is 2.74. The van der Waals surface area contributed by atoms with Gasteiger partial charge in [-0.15, -0.1) is 0 Å². The van der Waals surface area contributed by atoms with E-state index >= 15 is 0 Å². The van der Waals surface area contributed by atoms with Gasteiger partial charge in [0.2, 0.25) is 0 Å². The molecule has 0 radical (unpaired) electrons. The van der Waals surface area contributed by atoms with E-state index in [0.717, 1.165) is 17.7 Å². The van der Waals surface area contributed by atoms with E-state index in [1.165, 1.54) is 5.56 Å². The van der Waals surface area contributed by atoms with Crippen molar-refractivity contribution in [3.8, 4) is 0 Å². The number of nitrogens with one attached hydrogen (secondary N) is 1. The number of aromatic nitrogens is 1. The van der Waals surface area contributed by atoms with Gasteiger partial charge in [0, 0.05) is 38.1 Å². The summed E-state index contributed by atoms with van der Waals surface area (Å²) in [6.45, 7) is 6.88. The SMILES string of the molecule is CC(C)c1ccc(N/C(=C/[N+](=O)[O-])N2CCN(c3ncccc3Cl)CC2)cc1. The first-order valence-corrected chi connectivity index (χ1v) is 9.64. The molecule has 1 saturated heterocycles.